The van der Waals surface area contributed by atoms with Crippen LogP contribution >= 0.6 is 0 Å². The van der Waals surface area contributed by atoms with E-state index in [1.165, 1.54) is 16.7 Å². The number of carboxylic acids is 1. The van der Waals surface area contributed by atoms with Crippen molar-refractivity contribution in [2.45, 2.75) is 19.9 Å². The Hall–Kier alpha value is -2.83. The Morgan fingerprint density at radius 3 is 2.48 bits per heavy atom. The van der Waals surface area contributed by atoms with Gasteiger partial charge in [0.25, 0.3) is 5.91 Å². The van der Waals surface area contributed by atoms with Crippen molar-refractivity contribution in [3.05, 3.63) is 42.2 Å². The van der Waals surface area contributed by atoms with Crippen molar-refractivity contribution in [1.29, 1.82) is 0 Å². The number of benzene rings is 1. The lowest BCUT2D eigenvalue weighted by atomic mass is 10.2. The average Bonchev–Trinajstić information content (AvgIpc) is 2.96. The summed E-state index contributed by atoms with van der Waals surface area (Å²) in [4.78, 5) is 24.9. The monoisotopic (exact) mass is 317 g/mol. The predicted octanol–water partition coefficient (Wildman–Crippen LogP) is 1.82. The summed E-state index contributed by atoms with van der Waals surface area (Å²) >= 11 is 0. The molecule has 0 spiro atoms. The number of para-hydroxylation sites is 1. The summed E-state index contributed by atoms with van der Waals surface area (Å²) in [5.74, 6) is -1.25. The van der Waals surface area contributed by atoms with Crippen LogP contribution in [0.1, 0.15) is 24.3 Å². The zero-order valence-corrected chi connectivity index (χ0v) is 13.3. The molecule has 0 saturated heterocycles. The van der Waals surface area contributed by atoms with Gasteiger partial charge in [0.15, 0.2) is 11.4 Å². The van der Waals surface area contributed by atoms with E-state index in [-0.39, 0.29) is 11.7 Å². The van der Waals surface area contributed by atoms with Gasteiger partial charge in [0.1, 0.15) is 6.54 Å². The van der Waals surface area contributed by atoms with Gasteiger partial charge in [-0.1, -0.05) is 18.2 Å². The number of carbonyl (C=O) groups excluding carboxylic acids is 1. The van der Waals surface area contributed by atoms with Crippen LogP contribution in [-0.4, -0.2) is 51.4 Å². The van der Waals surface area contributed by atoms with Gasteiger partial charge in [0.05, 0.1) is 19.0 Å². The summed E-state index contributed by atoms with van der Waals surface area (Å²) < 4.78 is 6.76. The van der Waals surface area contributed by atoms with Crippen molar-refractivity contribution in [3.63, 3.8) is 0 Å². The smallest absolute Gasteiger partial charge is 0.323 e. The quantitative estimate of drug-likeness (QED) is 0.878. The number of methoxy groups -OCH3 is 1. The van der Waals surface area contributed by atoms with Crippen LogP contribution in [0.4, 0.5) is 0 Å². The van der Waals surface area contributed by atoms with Crippen LogP contribution in [-0.2, 0) is 4.79 Å². The Bertz CT molecular complexity index is 695. The minimum atomic E-state index is -1.08. The largest absolute Gasteiger partial charge is 0.493 e. The molecule has 1 amide bonds. The number of rotatable bonds is 6. The Morgan fingerprint density at radius 2 is 1.96 bits per heavy atom. The molecule has 0 radical (unpaired) electrons. The van der Waals surface area contributed by atoms with E-state index < -0.39 is 18.4 Å². The number of amides is 1. The summed E-state index contributed by atoms with van der Waals surface area (Å²) in [6, 6.07) is 9.01. The molecule has 0 aliphatic carbocycles. The molecule has 2 rings (SSSR count). The first-order chi connectivity index (χ1) is 10.9. The highest BCUT2D eigenvalue weighted by Crippen LogP contribution is 2.21. The van der Waals surface area contributed by atoms with Crippen LogP contribution in [0.15, 0.2) is 36.5 Å². The Morgan fingerprint density at radius 1 is 1.30 bits per heavy atom. The average molecular weight is 317 g/mol. The highest BCUT2D eigenvalue weighted by molar-refractivity contribution is 5.96. The molecular weight excluding hydrogens is 298 g/mol. The minimum Gasteiger partial charge on any atom is -0.493 e. The number of hydrogen-bond acceptors (Lipinski definition) is 4. The molecule has 0 aliphatic heterocycles. The summed E-state index contributed by atoms with van der Waals surface area (Å²) in [7, 11) is 1.44. The van der Waals surface area contributed by atoms with Crippen molar-refractivity contribution in [2.24, 2.45) is 0 Å². The Kier molecular flexibility index (Phi) is 5.00. The second kappa shape index (κ2) is 6.95. The second-order valence-electron chi connectivity index (χ2n) is 5.25. The number of carbonyl (C=O) groups is 2. The SMILES string of the molecule is COc1cn(-c2ccccc2)nc1C(=O)N(CC(=O)O)C(C)C. The van der Waals surface area contributed by atoms with Crippen molar-refractivity contribution in [3.8, 4) is 11.4 Å². The maximum Gasteiger partial charge on any atom is 0.323 e. The van der Waals surface area contributed by atoms with Crippen molar-refractivity contribution < 1.29 is 19.4 Å². The third-order valence-electron chi connectivity index (χ3n) is 3.31. The first kappa shape index (κ1) is 16.5. The molecule has 0 atom stereocenters. The van der Waals surface area contributed by atoms with E-state index in [0.717, 1.165) is 5.69 Å². The standard InChI is InChI=1S/C16H19N3O4/c1-11(2)18(10-14(20)21)16(22)15-13(23-3)9-19(17-15)12-7-5-4-6-8-12/h4-9,11H,10H2,1-3H3,(H,20,21). The molecule has 0 aliphatic rings. The van der Waals surface area contributed by atoms with Crippen LogP contribution in [0.25, 0.3) is 5.69 Å². The fourth-order valence-electron chi connectivity index (χ4n) is 2.14. The van der Waals surface area contributed by atoms with Crippen molar-refractivity contribution >= 4 is 11.9 Å². The maximum atomic E-state index is 12.7. The molecule has 1 aromatic heterocycles. The molecule has 7 heteroatoms. The van der Waals surface area contributed by atoms with Gasteiger partial charge in [0.2, 0.25) is 0 Å². The van der Waals surface area contributed by atoms with E-state index in [9.17, 15) is 9.59 Å². The van der Waals surface area contributed by atoms with Gasteiger partial charge in [0, 0.05) is 6.04 Å². The van der Waals surface area contributed by atoms with Crippen molar-refractivity contribution in [1.82, 2.24) is 14.7 Å². The predicted molar refractivity (Wildman–Crippen MR) is 83.9 cm³/mol. The second-order valence-corrected chi connectivity index (χ2v) is 5.25. The molecular formula is C16H19N3O4. The molecule has 7 nitrogen and oxygen atoms in total. The van der Waals surface area contributed by atoms with Gasteiger partial charge in [-0.2, -0.15) is 5.10 Å². The molecule has 0 fully saturated rings. The van der Waals surface area contributed by atoms with Gasteiger partial charge in [-0.05, 0) is 26.0 Å². The van der Waals surface area contributed by atoms with E-state index in [0.29, 0.717) is 5.75 Å². The molecule has 122 valence electrons. The highest BCUT2D eigenvalue weighted by Gasteiger charge is 2.27. The third kappa shape index (κ3) is 3.68. The van der Waals surface area contributed by atoms with Gasteiger partial charge in [-0.15, -0.1) is 0 Å². The lowest BCUT2D eigenvalue weighted by molar-refractivity contribution is -0.138. The number of carboxylic acid groups (broad SMARTS) is 1. The van der Waals surface area contributed by atoms with Crippen LogP contribution in [0.5, 0.6) is 5.75 Å². The number of hydrogen-bond donors (Lipinski definition) is 1. The zero-order valence-electron chi connectivity index (χ0n) is 13.3. The van der Waals surface area contributed by atoms with E-state index in [4.69, 9.17) is 9.84 Å². The first-order valence-corrected chi connectivity index (χ1v) is 7.16. The molecule has 0 unspecified atom stereocenters. The third-order valence-corrected chi connectivity index (χ3v) is 3.31. The molecule has 1 aromatic carbocycles. The fraction of sp³-hybridized carbons (Fsp3) is 0.312. The molecule has 1 N–H and O–H groups in total. The highest BCUT2D eigenvalue weighted by atomic mass is 16.5. The van der Waals surface area contributed by atoms with Crippen LogP contribution in [0, 0.1) is 0 Å². The summed E-state index contributed by atoms with van der Waals surface area (Å²) in [6.07, 6.45) is 1.60. The fourth-order valence-corrected chi connectivity index (χ4v) is 2.14. The summed E-state index contributed by atoms with van der Waals surface area (Å²) in [5.41, 5.74) is 0.866. The zero-order chi connectivity index (χ0) is 17.0. The number of aliphatic carboxylic acids is 1. The first-order valence-electron chi connectivity index (χ1n) is 7.16. The van der Waals surface area contributed by atoms with Crippen LogP contribution in [0.2, 0.25) is 0 Å². The van der Waals surface area contributed by atoms with Crippen molar-refractivity contribution in [2.75, 3.05) is 13.7 Å². The minimum absolute atomic E-state index is 0.0892. The number of nitrogens with zero attached hydrogens (tertiary/aromatic N) is 3. The lowest BCUT2D eigenvalue weighted by Crippen LogP contribution is -2.41. The summed E-state index contributed by atoms with van der Waals surface area (Å²) in [6.45, 7) is 3.11. The summed E-state index contributed by atoms with van der Waals surface area (Å²) in [5, 5.41) is 13.3. The molecule has 0 saturated carbocycles. The molecule has 23 heavy (non-hydrogen) atoms. The number of aromatic nitrogens is 2. The van der Waals surface area contributed by atoms with Gasteiger partial charge in [-0.25, -0.2) is 4.68 Å². The van der Waals surface area contributed by atoms with E-state index in [1.54, 1.807) is 20.0 Å². The van der Waals surface area contributed by atoms with Gasteiger partial charge in [-0.3, -0.25) is 9.59 Å². The van der Waals surface area contributed by atoms with Gasteiger partial charge < -0.3 is 14.7 Å². The van der Waals surface area contributed by atoms with E-state index in [1.807, 2.05) is 30.3 Å². The topological polar surface area (TPSA) is 84.7 Å². The van der Waals surface area contributed by atoms with Gasteiger partial charge >= 0.3 is 5.97 Å². The Labute approximate surface area is 134 Å². The van der Waals surface area contributed by atoms with E-state index >= 15 is 0 Å². The molecule has 2 aromatic rings. The number of ether oxygens (including phenoxy) is 1. The maximum absolute atomic E-state index is 12.7. The Balaban J connectivity index is 2.39. The van der Waals surface area contributed by atoms with Crippen LogP contribution in [0.3, 0.4) is 0 Å². The normalized spacial score (nSPS) is 10.6. The molecule has 1 heterocycles. The van der Waals surface area contributed by atoms with E-state index in [2.05, 4.69) is 5.10 Å². The lowest BCUT2D eigenvalue weighted by Gasteiger charge is -2.24. The van der Waals surface area contributed by atoms with Crippen LogP contribution < -0.4 is 4.74 Å². The molecule has 0 bridgehead atoms.